The highest BCUT2D eigenvalue weighted by Crippen LogP contribution is 2.35. The maximum atomic E-state index is 6.30. The Morgan fingerprint density at radius 2 is 1.84 bits per heavy atom. The maximum Gasteiger partial charge on any atom is 0.143 e. The van der Waals surface area contributed by atoms with Gasteiger partial charge in [-0.1, -0.05) is 11.6 Å². The van der Waals surface area contributed by atoms with Crippen LogP contribution in [0.1, 0.15) is 13.8 Å². The van der Waals surface area contributed by atoms with Crippen molar-refractivity contribution in [3.8, 4) is 5.75 Å². The van der Waals surface area contributed by atoms with Crippen LogP contribution >= 0.6 is 11.6 Å². The Bertz CT molecular complexity index is 443. The van der Waals surface area contributed by atoms with E-state index in [4.69, 9.17) is 22.1 Å². The third-order valence-corrected chi connectivity index (χ3v) is 3.99. The second-order valence-corrected chi connectivity index (χ2v) is 5.57. The molecule has 0 unspecified atom stereocenters. The van der Waals surface area contributed by atoms with Crippen molar-refractivity contribution < 1.29 is 4.74 Å². The van der Waals surface area contributed by atoms with Gasteiger partial charge in [0.1, 0.15) is 5.75 Å². The molecule has 0 aromatic heterocycles. The van der Waals surface area contributed by atoms with Crippen LogP contribution in [0.3, 0.4) is 0 Å². The molecule has 1 fully saturated rings. The number of nitrogen functional groups attached to an aromatic ring is 1. The monoisotopic (exact) mass is 283 g/mol. The number of hydrogen-bond acceptors (Lipinski definition) is 4. The summed E-state index contributed by atoms with van der Waals surface area (Å²) in [4.78, 5) is 4.77. The van der Waals surface area contributed by atoms with Crippen molar-refractivity contribution in [1.29, 1.82) is 0 Å². The summed E-state index contributed by atoms with van der Waals surface area (Å²) in [5, 5.41) is 0.691. The lowest BCUT2D eigenvalue weighted by Gasteiger charge is -2.38. The quantitative estimate of drug-likeness (QED) is 0.866. The van der Waals surface area contributed by atoms with Crippen LogP contribution in [-0.4, -0.2) is 44.2 Å². The Kier molecular flexibility index (Phi) is 4.42. The van der Waals surface area contributed by atoms with Gasteiger partial charge in [0.2, 0.25) is 0 Å². The van der Waals surface area contributed by atoms with Crippen molar-refractivity contribution in [1.82, 2.24) is 4.90 Å². The summed E-state index contributed by atoms with van der Waals surface area (Å²) in [7, 11) is 1.63. The highest BCUT2D eigenvalue weighted by Gasteiger charge is 2.21. The molecule has 1 saturated heterocycles. The topological polar surface area (TPSA) is 41.7 Å². The molecule has 0 saturated carbocycles. The molecule has 0 spiro atoms. The van der Waals surface area contributed by atoms with E-state index in [1.807, 2.05) is 6.07 Å². The molecular formula is C14H22ClN3O. The predicted molar refractivity (Wildman–Crippen MR) is 81.3 cm³/mol. The molecular weight excluding hydrogens is 262 g/mol. The number of halogens is 1. The Hall–Kier alpha value is -1.13. The van der Waals surface area contributed by atoms with E-state index in [-0.39, 0.29) is 0 Å². The minimum atomic E-state index is 0.581. The Morgan fingerprint density at radius 1 is 1.21 bits per heavy atom. The molecule has 0 radical (unpaired) electrons. The third kappa shape index (κ3) is 3.07. The number of anilines is 2. The first-order valence-electron chi connectivity index (χ1n) is 6.65. The number of ether oxygens (including phenoxy) is 1. The van der Waals surface area contributed by atoms with E-state index >= 15 is 0 Å². The summed E-state index contributed by atoms with van der Waals surface area (Å²) >= 11 is 6.30. The van der Waals surface area contributed by atoms with Gasteiger partial charge in [0.25, 0.3) is 0 Å². The first-order chi connectivity index (χ1) is 9.02. The minimum absolute atomic E-state index is 0.581. The van der Waals surface area contributed by atoms with Crippen molar-refractivity contribution in [3.05, 3.63) is 17.2 Å². The van der Waals surface area contributed by atoms with E-state index in [0.717, 1.165) is 31.9 Å². The van der Waals surface area contributed by atoms with Crippen molar-refractivity contribution in [2.45, 2.75) is 19.9 Å². The number of piperazine rings is 1. The van der Waals surface area contributed by atoms with Crippen LogP contribution in [0.5, 0.6) is 5.75 Å². The van der Waals surface area contributed by atoms with Gasteiger partial charge < -0.3 is 15.4 Å². The van der Waals surface area contributed by atoms with E-state index in [0.29, 0.717) is 22.5 Å². The van der Waals surface area contributed by atoms with Crippen LogP contribution in [0.2, 0.25) is 5.02 Å². The average molecular weight is 284 g/mol. The lowest BCUT2D eigenvalue weighted by molar-refractivity contribution is 0.209. The van der Waals surface area contributed by atoms with Gasteiger partial charge in [0.15, 0.2) is 0 Å². The molecule has 0 amide bonds. The molecule has 5 heteroatoms. The fraction of sp³-hybridized carbons (Fsp3) is 0.571. The lowest BCUT2D eigenvalue weighted by atomic mass is 10.2. The van der Waals surface area contributed by atoms with Crippen LogP contribution in [-0.2, 0) is 0 Å². The number of nitrogens with zero attached hydrogens (tertiary/aromatic N) is 2. The molecule has 0 atom stereocenters. The van der Waals surface area contributed by atoms with Gasteiger partial charge in [-0.25, -0.2) is 0 Å². The van der Waals surface area contributed by atoms with E-state index in [1.165, 1.54) is 0 Å². The zero-order valence-corrected chi connectivity index (χ0v) is 12.6. The number of nitrogens with two attached hydrogens (primary N) is 1. The highest BCUT2D eigenvalue weighted by atomic mass is 35.5. The van der Waals surface area contributed by atoms with E-state index in [2.05, 4.69) is 23.6 Å². The normalized spacial score (nSPS) is 17.0. The van der Waals surface area contributed by atoms with E-state index in [1.54, 1.807) is 13.2 Å². The van der Waals surface area contributed by atoms with Gasteiger partial charge in [-0.2, -0.15) is 0 Å². The van der Waals surface area contributed by atoms with Crippen LogP contribution in [0, 0.1) is 0 Å². The standard InChI is InChI=1S/C14H22ClN3O/c1-10(2)17-4-6-18(7-5-17)13-9-14(19-3)12(16)8-11(13)15/h8-10H,4-7,16H2,1-3H3. The third-order valence-electron chi connectivity index (χ3n) is 3.68. The van der Waals surface area contributed by atoms with E-state index < -0.39 is 0 Å². The number of rotatable bonds is 3. The zero-order valence-electron chi connectivity index (χ0n) is 11.8. The minimum Gasteiger partial charge on any atom is -0.495 e. The SMILES string of the molecule is COc1cc(N2CCN(C(C)C)CC2)c(Cl)cc1N. The fourth-order valence-corrected chi connectivity index (χ4v) is 2.75. The van der Waals surface area contributed by atoms with Crippen molar-refractivity contribution in [2.75, 3.05) is 43.9 Å². The van der Waals surface area contributed by atoms with Crippen molar-refractivity contribution in [3.63, 3.8) is 0 Å². The van der Waals surface area contributed by atoms with Gasteiger partial charge in [0, 0.05) is 38.3 Å². The summed E-state index contributed by atoms with van der Waals surface area (Å²) in [5.74, 6) is 0.686. The van der Waals surface area contributed by atoms with Crippen LogP contribution < -0.4 is 15.4 Å². The summed E-state index contributed by atoms with van der Waals surface area (Å²) in [6.45, 7) is 8.53. The summed E-state index contributed by atoms with van der Waals surface area (Å²) in [6.07, 6.45) is 0. The molecule has 1 aromatic rings. The molecule has 1 aliphatic heterocycles. The number of benzene rings is 1. The Balaban J connectivity index is 2.15. The molecule has 1 aromatic carbocycles. The zero-order chi connectivity index (χ0) is 14.0. The Labute approximate surface area is 120 Å². The van der Waals surface area contributed by atoms with Crippen LogP contribution in [0.4, 0.5) is 11.4 Å². The summed E-state index contributed by atoms with van der Waals surface area (Å²) in [6, 6.07) is 4.30. The smallest absolute Gasteiger partial charge is 0.143 e. The summed E-state index contributed by atoms with van der Waals surface area (Å²) in [5.41, 5.74) is 7.45. The van der Waals surface area contributed by atoms with Crippen LogP contribution in [0.15, 0.2) is 12.1 Å². The predicted octanol–water partition coefficient (Wildman–Crippen LogP) is 2.46. The molecule has 4 nitrogen and oxygen atoms in total. The second kappa shape index (κ2) is 5.88. The maximum absolute atomic E-state index is 6.30. The first kappa shape index (κ1) is 14.3. The van der Waals surface area contributed by atoms with Crippen molar-refractivity contribution >= 4 is 23.0 Å². The van der Waals surface area contributed by atoms with Gasteiger partial charge in [-0.3, -0.25) is 4.90 Å². The highest BCUT2D eigenvalue weighted by molar-refractivity contribution is 6.33. The lowest BCUT2D eigenvalue weighted by Crippen LogP contribution is -2.49. The largest absolute Gasteiger partial charge is 0.495 e. The molecule has 2 rings (SSSR count). The van der Waals surface area contributed by atoms with Gasteiger partial charge in [-0.05, 0) is 19.9 Å². The molecule has 19 heavy (non-hydrogen) atoms. The van der Waals surface area contributed by atoms with Gasteiger partial charge in [-0.15, -0.1) is 0 Å². The molecule has 0 aliphatic carbocycles. The van der Waals surface area contributed by atoms with E-state index in [9.17, 15) is 0 Å². The summed E-state index contributed by atoms with van der Waals surface area (Å²) < 4.78 is 5.27. The molecule has 0 bridgehead atoms. The fourth-order valence-electron chi connectivity index (χ4n) is 2.46. The second-order valence-electron chi connectivity index (χ2n) is 5.16. The molecule has 1 aliphatic rings. The van der Waals surface area contributed by atoms with Gasteiger partial charge in [0.05, 0.1) is 23.5 Å². The number of hydrogen-bond donors (Lipinski definition) is 1. The molecule has 1 heterocycles. The van der Waals surface area contributed by atoms with Crippen molar-refractivity contribution in [2.24, 2.45) is 0 Å². The number of methoxy groups -OCH3 is 1. The molecule has 106 valence electrons. The van der Waals surface area contributed by atoms with Gasteiger partial charge >= 0.3 is 0 Å². The first-order valence-corrected chi connectivity index (χ1v) is 7.02. The molecule has 2 N–H and O–H groups in total. The van der Waals surface area contributed by atoms with Crippen LogP contribution in [0.25, 0.3) is 0 Å². The Morgan fingerprint density at radius 3 is 2.37 bits per heavy atom. The average Bonchev–Trinajstić information content (AvgIpc) is 2.39.